The highest BCUT2D eigenvalue weighted by Crippen LogP contribution is 2.35. The molecule has 0 amide bonds. The van der Waals surface area contributed by atoms with Crippen molar-refractivity contribution in [3.8, 4) is 28.6 Å². The van der Waals surface area contributed by atoms with Gasteiger partial charge in [0.1, 0.15) is 17.1 Å². The van der Waals surface area contributed by atoms with E-state index in [0.717, 1.165) is 16.7 Å². The molecule has 0 saturated carbocycles. The van der Waals surface area contributed by atoms with Crippen LogP contribution >= 0.6 is 0 Å². The fraction of sp³-hybridized carbons (Fsp3) is 0.143. The molecule has 0 radical (unpaired) electrons. The first-order valence-corrected chi connectivity index (χ1v) is 8.34. The Labute approximate surface area is 154 Å². The molecule has 6 nitrogen and oxygen atoms in total. The minimum atomic E-state index is -0.580. The zero-order chi connectivity index (χ0) is 19.1. The Hall–Kier alpha value is -3.54. The molecule has 0 bridgehead atoms. The maximum absolute atomic E-state index is 12.2. The van der Waals surface area contributed by atoms with Crippen molar-refractivity contribution in [1.29, 1.82) is 0 Å². The number of hydrogen-bond acceptors (Lipinski definition) is 6. The molecule has 6 heteroatoms. The van der Waals surface area contributed by atoms with Gasteiger partial charge in [-0.15, -0.1) is 0 Å². The summed E-state index contributed by atoms with van der Waals surface area (Å²) in [4.78, 5) is 23.6. The van der Waals surface area contributed by atoms with Crippen LogP contribution < -0.4 is 10.4 Å². The van der Waals surface area contributed by atoms with Crippen LogP contribution in [-0.2, 0) is 4.79 Å². The van der Waals surface area contributed by atoms with E-state index in [-0.39, 0.29) is 17.1 Å². The molecule has 0 spiro atoms. The number of rotatable bonds is 3. The molecule has 4 rings (SSSR count). The number of esters is 1. The lowest BCUT2D eigenvalue weighted by atomic mass is 10.1. The highest BCUT2D eigenvalue weighted by atomic mass is 16.5. The average molecular weight is 364 g/mol. The first-order chi connectivity index (χ1) is 12.9. The van der Waals surface area contributed by atoms with Gasteiger partial charge in [-0.3, -0.25) is 4.79 Å². The van der Waals surface area contributed by atoms with Crippen molar-refractivity contribution >= 4 is 16.9 Å². The Kier molecular flexibility index (Phi) is 3.96. The van der Waals surface area contributed by atoms with E-state index >= 15 is 0 Å². The number of benzene rings is 1. The van der Waals surface area contributed by atoms with Gasteiger partial charge < -0.3 is 18.0 Å². The smallest absolute Gasteiger partial charge is 0.343 e. The SMILES string of the molecule is CC(=O)Oc1c(C)c(-c2cc3ccc(-c4ccco4)cc3o2)oc(=O)c1C. The summed E-state index contributed by atoms with van der Waals surface area (Å²) in [6.45, 7) is 4.55. The van der Waals surface area contributed by atoms with Crippen LogP contribution in [-0.4, -0.2) is 5.97 Å². The molecule has 3 aromatic heterocycles. The van der Waals surface area contributed by atoms with E-state index in [2.05, 4.69) is 0 Å². The van der Waals surface area contributed by atoms with Gasteiger partial charge in [0.15, 0.2) is 11.5 Å². The van der Waals surface area contributed by atoms with E-state index in [1.165, 1.54) is 6.92 Å². The summed E-state index contributed by atoms with van der Waals surface area (Å²) in [6, 6.07) is 11.1. The van der Waals surface area contributed by atoms with Gasteiger partial charge in [-0.2, -0.15) is 0 Å². The van der Waals surface area contributed by atoms with E-state index in [4.69, 9.17) is 18.0 Å². The third kappa shape index (κ3) is 2.95. The van der Waals surface area contributed by atoms with Crippen LogP contribution in [0.5, 0.6) is 5.75 Å². The van der Waals surface area contributed by atoms with Crippen molar-refractivity contribution in [1.82, 2.24) is 0 Å². The molecular weight excluding hydrogens is 348 g/mol. The molecule has 0 aliphatic heterocycles. The number of ether oxygens (including phenoxy) is 1. The topological polar surface area (TPSA) is 82.8 Å². The maximum Gasteiger partial charge on any atom is 0.343 e. The molecular formula is C21H16O6. The van der Waals surface area contributed by atoms with Gasteiger partial charge in [0.2, 0.25) is 0 Å². The zero-order valence-corrected chi connectivity index (χ0v) is 15.0. The summed E-state index contributed by atoms with van der Waals surface area (Å²) in [6.07, 6.45) is 1.61. The number of furan rings is 2. The highest BCUT2D eigenvalue weighted by Gasteiger charge is 2.21. The largest absolute Gasteiger partial charge is 0.464 e. The molecule has 27 heavy (non-hydrogen) atoms. The first-order valence-electron chi connectivity index (χ1n) is 8.34. The van der Waals surface area contributed by atoms with E-state index in [0.29, 0.717) is 16.9 Å². The van der Waals surface area contributed by atoms with Crippen LogP contribution in [0.4, 0.5) is 0 Å². The van der Waals surface area contributed by atoms with Crippen LogP contribution in [0.2, 0.25) is 0 Å². The van der Waals surface area contributed by atoms with Gasteiger partial charge in [-0.25, -0.2) is 4.79 Å². The molecule has 136 valence electrons. The number of fused-ring (bicyclic) bond motifs is 1. The summed E-state index contributed by atoms with van der Waals surface area (Å²) in [5, 5.41) is 0.844. The van der Waals surface area contributed by atoms with Crippen molar-refractivity contribution < 1.29 is 22.8 Å². The summed E-state index contributed by atoms with van der Waals surface area (Å²) in [7, 11) is 0. The van der Waals surface area contributed by atoms with E-state index in [9.17, 15) is 9.59 Å². The number of carbonyl (C=O) groups excluding carboxylic acids is 1. The van der Waals surface area contributed by atoms with Crippen LogP contribution in [0.25, 0.3) is 33.8 Å². The summed E-state index contributed by atoms with van der Waals surface area (Å²) < 4.78 is 22.0. The van der Waals surface area contributed by atoms with E-state index in [1.807, 2.05) is 30.3 Å². The molecule has 1 aromatic carbocycles. The van der Waals surface area contributed by atoms with Crippen LogP contribution in [0, 0.1) is 13.8 Å². The van der Waals surface area contributed by atoms with E-state index < -0.39 is 11.6 Å². The fourth-order valence-corrected chi connectivity index (χ4v) is 2.99. The van der Waals surface area contributed by atoms with Crippen LogP contribution in [0.15, 0.2) is 60.7 Å². The monoisotopic (exact) mass is 364 g/mol. The number of carbonyl (C=O) groups is 1. The third-order valence-corrected chi connectivity index (χ3v) is 4.32. The van der Waals surface area contributed by atoms with Gasteiger partial charge in [0, 0.05) is 23.4 Å². The predicted molar refractivity (Wildman–Crippen MR) is 98.7 cm³/mol. The maximum atomic E-state index is 12.2. The highest BCUT2D eigenvalue weighted by molar-refractivity contribution is 5.86. The predicted octanol–water partition coefficient (Wildman–Crippen LogP) is 4.86. The van der Waals surface area contributed by atoms with Crippen molar-refractivity contribution in [3.05, 3.63) is 64.2 Å². The zero-order valence-electron chi connectivity index (χ0n) is 15.0. The van der Waals surface area contributed by atoms with Crippen molar-refractivity contribution in [2.45, 2.75) is 20.8 Å². The van der Waals surface area contributed by atoms with Gasteiger partial charge in [0.25, 0.3) is 0 Å². The fourth-order valence-electron chi connectivity index (χ4n) is 2.99. The summed E-state index contributed by atoms with van der Waals surface area (Å²) >= 11 is 0. The van der Waals surface area contributed by atoms with Gasteiger partial charge in [-0.1, -0.05) is 12.1 Å². The molecule has 3 heterocycles. The minimum Gasteiger partial charge on any atom is -0.464 e. The Balaban J connectivity index is 1.86. The summed E-state index contributed by atoms with van der Waals surface area (Å²) in [5.74, 6) is 1.03. The van der Waals surface area contributed by atoms with E-state index in [1.54, 1.807) is 26.2 Å². The molecule has 0 fully saturated rings. The van der Waals surface area contributed by atoms with Gasteiger partial charge >= 0.3 is 11.6 Å². The average Bonchev–Trinajstić information content (AvgIpc) is 3.30. The second-order valence-electron chi connectivity index (χ2n) is 6.23. The second-order valence-corrected chi connectivity index (χ2v) is 6.23. The molecule has 4 aromatic rings. The molecule has 0 atom stereocenters. The Morgan fingerprint density at radius 2 is 1.81 bits per heavy atom. The number of hydrogen-bond donors (Lipinski definition) is 0. The first kappa shape index (κ1) is 16.9. The quantitative estimate of drug-likeness (QED) is 0.483. The van der Waals surface area contributed by atoms with Crippen molar-refractivity contribution in [3.63, 3.8) is 0 Å². The third-order valence-electron chi connectivity index (χ3n) is 4.32. The lowest BCUT2D eigenvalue weighted by molar-refractivity contribution is -0.132. The lowest BCUT2D eigenvalue weighted by Gasteiger charge is -2.10. The Morgan fingerprint density at radius 1 is 1.00 bits per heavy atom. The standard InChI is InChI=1S/C21H16O6/c1-11-19(25-13(3)22)12(2)21(23)27-20(11)18-10-15-7-6-14(9-17(15)26-18)16-5-4-8-24-16/h4-10H,1-3H3. The molecule has 0 aliphatic rings. The molecule has 0 saturated heterocycles. The van der Waals surface area contributed by atoms with Gasteiger partial charge in [0.05, 0.1) is 11.8 Å². The summed E-state index contributed by atoms with van der Waals surface area (Å²) in [5.41, 5.74) is 1.67. The van der Waals surface area contributed by atoms with Crippen molar-refractivity contribution in [2.24, 2.45) is 0 Å². The molecule has 0 N–H and O–H groups in total. The molecule has 0 aliphatic carbocycles. The lowest BCUT2D eigenvalue weighted by Crippen LogP contribution is -2.12. The van der Waals surface area contributed by atoms with Crippen molar-refractivity contribution in [2.75, 3.05) is 0 Å². The van der Waals surface area contributed by atoms with Gasteiger partial charge in [-0.05, 0) is 38.1 Å². The minimum absolute atomic E-state index is 0.200. The Morgan fingerprint density at radius 3 is 2.52 bits per heavy atom. The van der Waals surface area contributed by atoms with Crippen LogP contribution in [0.1, 0.15) is 18.1 Å². The normalized spacial score (nSPS) is 11.1. The second kappa shape index (κ2) is 6.32. The van der Waals surface area contributed by atoms with Crippen LogP contribution in [0.3, 0.4) is 0 Å². The molecule has 0 unspecified atom stereocenters. The Bertz CT molecular complexity index is 1210.